The maximum Gasteiger partial charge on any atom is 0.153 e. The fourth-order valence-electron chi connectivity index (χ4n) is 0.877. The summed E-state index contributed by atoms with van der Waals surface area (Å²) in [6, 6.07) is 5.61. The SMILES string of the molecule is [S-]c1nc2ccc(Br)cc2o1. The minimum Gasteiger partial charge on any atom is -0.721 e. The van der Waals surface area contributed by atoms with Gasteiger partial charge in [-0.2, -0.15) is 0 Å². The molecule has 2 rings (SSSR count). The molecule has 2 nitrogen and oxygen atoms in total. The van der Waals surface area contributed by atoms with E-state index in [1.54, 1.807) is 0 Å². The van der Waals surface area contributed by atoms with Gasteiger partial charge in [0, 0.05) is 4.47 Å². The average Bonchev–Trinajstić information content (AvgIpc) is 2.27. The van der Waals surface area contributed by atoms with Crippen LogP contribution in [0.25, 0.3) is 11.1 Å². The summed E-state index contributed by atoms with van der Waals surface area (Å²) in [5, 5.41) is 0.290. The first kappa shape index (κ1) is 7.06. The van der Waals surface area contributed by atoms with Gasteiger partial charge in [0.05, 0.1) is 5.22 Å². The molecule has 0 N–H and O–H groups in total. The van der Waals surface area contributed by atoms with E-state index in [0.717, 1.165) is 15.6 Å². The smallest absolute Gasteiger partial charge is 0.153 e. The molecule has 2 aromatic rings. The van der Waals surface area contributed by atoms with E-state index in [0.29, 0.717) is 0 Å². The molecule has 56 valence electrons. The molecule has 0 amide bonds. The van der Waals surface area contributed by atoms with Crippen molar-refractivity contribution in [2.24, 2.45) is 0 Å². The normalized spacial score (nSPS) is 10.6. The molecule has 1 aromatic carbocycles. The van der Waals surface area contributed by atoms with Crippen molar-refractivity contribution >= 4 is 39.7 Å². The number of nitrogens with zero attached hydrogens (tertiary/aromatic N) is 1. The third-order valence-electron chi connectivity index (χ3n) is 1.33. The third-order valence-corrected chi connectivity index (χ3v) is 2.00. The molecule has 0 spiro atoms. The first-order valence-electron chi connectivity index (χ1n) is 2.99. The van der Waals surface area contributed by atoms with Gasteiger partial charge in [-0.25, -0.2) is 4.98 Å². The third kappa shape index (κ3) is 1.23. The number of benzene rings is 1. The highest BCUT2D eigenvalue weighted by atomic mass is 79.9. The van der Waals surface area contributed by atoms with Gasteiger partial charge in [-0.15, -0.1) is 0 Å². The van der Waals surface area contributed by atoms with Crippen LogP contribution < -0.4 is 0 Å². The van der Waals surface area contributed by atoms with E-state index in [9.17, 15) is 0 Å². The summed E-state index contributed by atoms with van der Waals surface area (Å²) in [5.41, 5.74) is 1.53. The molecule has 0 saturated heterocycles. The Kier molecular flexibility index (Phi) is 1.58. The van der Waals surface area contributed by atoms with Crippen molar-refractivity contribution in [2.45, 2.75) is 5.22 Å². The fraction of sp³-hybridized carbons (Fsp3) is 0. The predicted molar refractivity (Wildman–Crippen MR) is 47.3 cm³/mol. The summed E-state index contributed by atoms with van der Waals surface area (Å²) >= 11 is 8.08. The van der Waals surface area contributed by atoms with Crippen molar-refractivity contribution in [1.82, 2.24) is 4.98 Å². The molecule has 0 saturated carbocycles. The van der Waals surface area contributed by atoms with E-state index in [4.69, 9.17) is 17.0 Å². The Bertz CT molecular complexity index is 398. The van der Waals surface area contributed by atoms with Crippen LogP contribution in [0.5, 0.6) is 0 Å². The van der Waals surface area contributed by atoms with Crippen LogP contribution in [-0.4, -0.2) is 4.98 Å². The van der Waals surface area contributed by atoms with E-state index in [1.165, 1.54) is 0 Å². The van der Waals surface area contributed by atoms with Gasteiger partial charge < -0.3 is 17.0 Å². The second-order valence-corrected chi connectivity index (χ2v) is 3.36. The molecule has 0 radical (unpaired) electrons. The van der Waals surface area contributed by atoms with E-state index < -0.39 is 0 Å². The van der Waals surface area contributed by atoms with Gasteiger partial charge in [-0.3, -0.25) is 0 Å². The van der Waals surface area contributed by atoms with E-state index >= 15 is 0 Å². The zero-order valence-corrected chi connectivity index (χ0v) is 7.78. The summed E-state index contributed by atoms with van der Waals surface area (Å²) in [7, 11) is 0. The molecular formula is C7H3BrNOS-. The number of hydrogen-bond donors (Lipinski definition) is 0. The van der Waals surface area contributed by atoms with Crippen LogP contribution in [0, 0.1) is 0 Å². The topological polar surface area (TPSA) is 26.0 Å². The van der Waals surface area contributed by atoms with Crippen LogP contribution in [0.1, 0.15) is 0 Å². The lowest BCUT2D eigenvalue weighted by Gasteiger charge is -1.89. The lowest BCUT2D eigenvalue weighted by molar-refractivity contribution is 0.491. The van der Waals surface area contributed by atoms with Crippen LogP contribution in [0.2, 0.25) is 0 Å². The Balaban J connectivity index is 2.82. The summed E-state index contributed by atoms with van der Waals surface area (Å²) in [5.74, 6) is 0. The van der Waals surface area contributed by atoms with Crippen molar-refractivity contribution in [3.8, 4) is 0 Å². The van der Waals surface area contributed by atoms with E-state index in [-0.39, 0.29) is 5.22 Å². The Morgan fingerprint density at radius 1 is 1.45 bits per heavy atom. The molecule has 0 aliphatic heterocycles. The highest BCUT2D eigenvalue weighted by Crippen LogP contribution is 2.19. The van der Waals surface area contributed by atoms with Gasteiger partial charge in [0.2, 0.25) is 0 Å². The van der Waals surface area contributed by atoms with Crippen LogP contribution in [0.15, 0.2) is 32.3 Å². The van der Waals surface area contributed by atoms with Gasteiger partial charge in [0.25, 0.3) is 0 Å². The zero-order chi connectivity index (χ0) is 7.84. The minimum atomic E-state index is 0.290. The van der Waals surface area contributed by atoms with Crippen molar-refractivity contribution in [2.75, 3.05) is 0 Å². The molecule has 1 aromatic heterocycles. The molecule has 4 heteroatoms. The second kappa shape index (κ2) is 2.46. The number of rotatable bonds is 0. The van der Waals surface area contributed by atoms with E-state index in [1.807, 2.05) is 18.2 Å². The van der Waals surface area contributed by atoms with Gasteiger partial charge in [0.15, 0.2) is 5.58 Å². The highest BCUT2D eigenvalue weighted by Gasteiger charge is 1.97. The molecule has 0 aliphatic rings. The molecule has 1 heterocycles. The molecule has 0 atom stereocenters. The predicted octanol–water partition coefficient (Wildman–Crippen LogP) is 2.50. The standard InChI is InChI=1S/C7H4BrNOS/c8-4-1-2-5-6(3-4)10-7(11)9-5/h1-3H,(H,9,11)/p-1. The summed E-state index contributed by atoms with van der Waals surface area (Å²) in [6.45, 7) is 0. The minimum absolute atomic E-state index is 0.290. The summed E-state index contributed by atoms with van der Waals surface area (Å²) in [6.07, 6.45) is 0. The maximum absolute atomic E-state index is 5.12. The quantitative estimate of drug-likeness (QED) is 0.649. The Hall–Kier alpha value is -0.610. The first-order chi connectivity index (χ1) is 5.25. The van der Waals surface area contributed by atoms with Crippen LogP contribution >= 0.6 is 15.9 Å². The zero-order valence-electron chi connectivity index (χ0n) is 5.37. The largest absolute Gasteiger partial charge is 0.721 e. The number of halogens is 1. The molecule has 0 bridgehead atoms. The highest BCUT2D eigenvalue weighted by molar-refractivity contribution is 9.10. The van der Waals surface area contributed by atoms with Crippen molar-refractivity contribution in [3.63, 3.8) is 0 Å². The van der Waals surface area contributed by atoms with Crippen molar-refractivity contribution in [1.29, 1.82) is 0 Å². The van der Waals surface area contributed by atoms with Crippen molar-refractivity contribution < 1.29 is 4.42 Å². The van der Waals surface area contributed by atoms with Crippen molar-refractivity contribution in [3.05, 3.63) is 22.7 Å². The lowest BCUT2D eigenvalue weighted by Crippen LogP contribution is -1.67. The lowest BCUT2D eigenvalue weighted by atomic mass is 10.3. The summed E-state index contributed by atoms with van der Waals surface area (Å²) in [4.78, 5) is 3.98. The Morgan fingerprint density at radius 2 is 2.27 bits per heavy atom. The van der Waals surface area contributed by atoms with E-state index in [2.05, 4.69) is 20.9 Å². The van der Waals surface area contributed by atoms with Crippen LogP contribution in [-0.2, 0) is 12.6 Å². The maximum atomic E-state index is 5.12. The van der Waals surface area contributed by atoms with Gasteiger partial charge in [-0.05, 0) is 18.2 Å². The molecule has 0 aliphatic carbocycles. The number of aromatic nitrogens is 1. The fourth-order valence-corrected chi connectivity index (χ4v) is 1.41. The average molecular weight is 229 g/mol. The summed E-state index contributed by atoms with van der Waals surface area (Å²) < 4.78 is 6.09. The number of fused-ring (bicyclic) bond motifs is 1. The Labute approximate surface area is 77.1 Å². The molecular weight excluding hydrogens is 226 g/mol. The Morgan fingerprint density at radius 3 is 3.09 bits per heavy atom. The second-order valence-electron chi connectivity index (χ2n) is 2.09. The van der Waals surface area contributed by atoms with Gasteiger partial charge in [-0.1, -0.05) is 15.9 Å². The number of hydrogen-bond acceptors (Lipinski definition) is 3. The molecule has 0 fully saturated rings. The van der Waals surface area contributed by atoms with Gasteiger partial charge in [0.1, 0.15) is 5.52 Å². The molecule has 0 unspecified atom stereocenters. The first-order valence-corrected chi connectivity index (χ1v) is 4.19. The monoisotopic (exact) mass is 228 g/mol. The van der Waals surface area contributed by atoms with Crippen LogP contribution in [0.3, 0.4) is 0 Å². The van der Waals surface area contributed by atoms with Crippen LogP contribution in [0.4, 0.5) is 0 Å². The number of oxazole rings is 1. The van der Waals surface area contributed by atoms with Gasteiger partial charge >= 0.3 is 0 Å². The molecule has 11 heavy (non-hydrogen) atoms.